The first-order valence-electron chi connectivity index (χ1n) is 7.39. The van der Waals surface area contributed by atoms with Gasteiger partial charge in [-0.15, -0.1) is 6.58 Å². The van der Waals surface area contributed by atoms with Crippen molar-refractivity contribution in [3.05, 3.63) is 37.5 Å². The molecule has 23 heavy (non-hydrogen) atoms. The molecule has 132 valence electrons. The number of aliphatic hydroxyl groups is 3. The molecule has 0 radical (unpaired) electrons. The molecule has 0 rings (SSSR count). The molecule has 0 aromatic carbocycles. The van der Waals surface area contributed by atoms with Gasteiger partial charge in [0.15, 0.2) is 5.78 Å². The Labute approximate surface area is 139 Å². The Bertz CT molecular complexity index is 422. The number of hydrogen-bond acceptors (Lipinski definition) is 5. The van der Waals surface area contributed by atoms with Crippen LogP contribution in [0.25, 0.3) is 0 Å². The molecular formula is C18H30O5. The predicted molar refractivity (Wildman–Crippen MR) is 92.0 cm³/mol. The third-order valence-electron chi connectivity index (χ3n) is 2.36. The van der Waals surface area contributed by atoms with Crippen molar-refractivity contribution in [3.8, 4) is 0 Å². The highest BCUT2D eigenvalue weighted by Crippen LogP contribution is 2.10. The molecule has 0 aliphatic rings. The Morgan fingerprint density at radius 1 is 1.04 bits per heavy atom. The highest BCUT2D eigenvalue weighted by molar-refractivity contribution is 5.90. The van der Waals surface area contributed by atoms with Crippen LogP contribution in [0.3, 0.4) is 0 Å². The molecule has 5 heteroatoms. The quantitative estimate of drug-likeness (QED) is 0.343. The second-order valence-electron chi connectivity index (χ2n) is 6.59. The van der Waals surface area contributed by atoms with E-state index in [0.717, 1.165) is 0 Å². The van der Waals surface area contributed by atoms with Crippen molar-refractivity contribution in [1.82, 2.24) is 0 Å². The molecule has 0 bridgehead atoms. The Morgan fingerprint density at radius 3 is 1.87 bits per heavy atom. The van der Waals surface area contributed by atoms with Gasteiger partial charge < -0.3 is 15.3 Å². The van der Waals surface area contributed by atoms with Crippen LogP contribution in [0, 0.1) is 0 Å². The van der Waals surface area contributed by atoms with Crippen LogP contribution in [-0.2, 0) is 9.59 Å². The summed E-state index contributed by atoms with van der Waals surface area (Å²) in [6, 6.07) is 0. The number of rotatable bonds is 9. The van der Waals surface area contributed by atoms with Gasteiger partial charge in [0.2, 0.25) is 0 Å². The Hall–Kier alpha value is -1.56. The molecule has 0 saturated carbocycles. The summed E-state index contributed by atoms with van der Waals surface area (Å²) in [6.07, 6.45) is 5.27. The minimum atomic E-state index is -0.988. The number of carbonyl (C=O) groups excluding carboxylic acids is 2. The fourth-order valence-corrected chi connectivity index (χ4v) is 1.53. The number of hydrogen-bond donors (Lipinski definition) is 3. The Kier molecular flexibility index (Phi) is 11.4. The van der Waals surface area contributed by atoms with Gasteiger partial charge in [0, 0.05) is 19.3 Å². The lowest BCUT2D eigenvalue weighted by Crippen LogP contribution is -2.25. The van der Waals surface area contributed by atoms with Crippen molar-refractivity contribution in [1.29, 1.82) is 0 Å². The standard InChI is InChI=1S/C9H16O3.C9H14O2/c1-4-7(10)5-8(11)6-9(2,3)12;1-4-5-6-8(10)7-9(2,3)11/h4,7,10,12H,1,5-6H2,2-3H3;4-6,11H,1,7H2,2-3H3/b;6-5+. The molecule has 0 fully saturated rings. The zero-order valence-electron chi connectivity index (χ0n) is 14.6. The number of ketones is 2. The van der Waals surface area contributed by atoms with E-state index in [9.17, 15) is 19.8 Å². The maximum atomic E-state index is 11.1. The van der Waals surface area contributed by atoms with Crippen LogP contribution in [-0.4, -0.2) is 44.2 Å². The third-order valence-corrected chi connectivity index (χ3v) is 2.36. The summed E-state index contributed by atoms with van der Waals surface area (Å²) in [7, 11) is 0. The van der Waals surface area contributed by atoms with E-state index in [0.29, 0.717) is 0 Å². The molecule has 0 saturated heterocycles. The molecule has 1 atom stereocenters. The fourth-order valence-electron chi connectivity index (χ4n) is 1.53. The van der Waals surface area contributed by atoms with Crippen LogP contribution >= 0.6 is 0 Å². The summed E-state index contributed by atoms with van der Waals surface area (Å²) in [6.45, 7) is 13.1. The van der Waals surface area contributed by atoms with Crippen molar-refractivity contribution < 1.29 is 24.9 Å². The first-order valence-corrected chi connectivity index (χ1v) is 7.39. The summed E-state index contributed by atoms with van der Waals surface area (Å²) in [5.41, 5.74) is -1.90. The third kappa shape index (κ3) is 20.4. The number of aliphatic hydroxyl groups excluding tert-OH is 1. The van der Waals surface area contributed by atoms with Crippen LogP contribution in [0.2, 0.25) is 0 Å². The second kappa shape index (κ2) is 11.0. The average Bonchev–Trinajstić information content (AvgIpc) is 2.32. The van der Waals surface area contributed by atoms with Crippen LogP contribution in [0.5, 0.6) is 0 Å². The van der Waals surface area contributed by atoms with Gasteiger partial charge in [0.25, 0.3) is 0 Å². The maximum absolute atomic E-state index is 11.1. The van der Waals surface area contributed by atoms with E-state index >= 15 is 0 Å². The van der Waals surface area contributed by atoms with E-state index in [2.05, 4.69) is 13.2 Å². The van der Waals surface area contributed by atoms with Crippen LogP contribution in [0.15, 0.2) is 37.5 Å². The lowest BCUT2D eigenvalue weighted by molar-refractivity contribution is -0.124. The predicted octanol–water partition coefficient (Wildman–Crippen LogP) is 2.11. The lowest BCUT2D eigenvalue weighted by Gasteiger charge is -2.16. The summed E-state index contributed by atoms with van der Waals surface area (Å²) < 4.78 is 0. The first kappa shape index (κ1) is 23.7. The van der Waals surface area contributed by atoms with Gasteiger partial charge in [-0.1, -0.05) is 24.8 Å². The lowest BCUT2D eigenvalue weighted by atomic mass is 9.99. The molecule has 3 N–H and O–H groups in total. The molecule has 0 aromatic rings. The summed E-state index contributed by atoms with van der Waals surface area (Å²) >= 11 is 0. The Morgan fingerprint density at radius 2 is 1.52 bits per heavy atom. The van der Waals surface area contributed by atoms with Gasteiger partial charge >= 0.3 is 0 Å². The molecule has 0 aromatic heterocycles. The molecular weight excluding hydrogens is 296 g/mol. The minimum absolute atomic E-state index is 0.0352. The van der Waals surface area contributed by atoms with E-state index in [-0.39, 0.29) is 30.8 Å². The summed E-state index contributed by atoms with van der Waals surface area (Å²) in [4.78, 5) is 22.0. The molecule has 0 aliphatic carbocycles. The van der Waals surface area contributed by atoms with Crippen molar-refractivity contribution in [2.24, 2.45) is 0 Å². The van der Waals surface area contributed by atoms with Crippen LogP contribution < -0.4 is 0 Å². The SMILES string of the molecule is C=C/C=C/C(=O)CC(C)(C)O.C=CC(O)CC(=O)CC(C)(C)O. The summed E-state index contributed by atoms with van der Waals surface area (Å²) in [5.74, 6) is -0.243. The van der Waals surface area contributed by atoms with Gasteiger partial charge in [-0.25, -0.2) is 0 Å². The largest absolute Gasteiger partial charge is 0.390 e. The topological polar surface area (TPSA) is 94.8 Å². The van der Waals surface area contributed by atoms with Crippen molar-refractivity contribution in [3.63, 3.8) is 0 Å². The molecule has 0 heterocycles. The number of carbonyl (C=O) groups is 2. The smallest absolute Gasteiger partial charge is 0.158 e. The normalized spacial score (nSPS) is 13.0. The minimum Gasteiger partial charge on any atom is -0.390 e. The number of Topliss-reactive ketones (excluding diaryl/α,β-unsaturated/α-hetero) is 1. The fraction of sp³-hybridized carbons (Fsp3) is 0.556. The van der Waals surface area contributed by atoms with Gasteiger partial charge in [0.05, 0.1) is 17.3 Å². The molecule has 0 spiro atoms. The van der Waals surface area contributed by atoms with Crippen LogP contribution in [0.4, 0.5) is 0 Å². The summed E-state index contributed by atoms with van der Waals surface area (Å²) in [5, 5.41) is 27.5. The van der Waals surface area contributed by atoms with E-state index in [1.54, 1.807) is 33.8 Å². The van der Waals surface area contributed by atoms with Gasteiger partial charge in [-0.05, 0) is 33.8 Å². The maximum Gasteiger partial charge on any atom is 0.158 e. The zero-order chi connectivity index (χ0) is 18.7. The average molecular weight is 326 g/mol. The van der Waals surface area contributed by atoms with Crippen molar-refractivity contribution in [2.75, 3.05) is 0 Å². The highest BCUT2D eigenvalue weighted by atomic mass is 16.3. The molecule has 1 unspecified atom stereocenters. The van der Waals surface area contributed by atoms with E-state index in [4.69, 9.17) is 5.11 Å². The zero-order valence-corrected chi connectivity index (χ0v) is 14.6. The second-order valence-corrected chi connectivity index (χ2v) is 6.59. The van der Waals surface area contributed by atoms with Crippen LogP contribution in [0.1, 0.15) is 47.0 Å². The molecule has 0 amide bonds. The molecule has 0 aliphatic heterocycles. The van der Waals surface area contributed by atoms with E-state index in [1.165, 1.54) is 18.2 Å². The highest BCUT2D eigenvalue weighted by Gasteiger charge is 2.19. The van der Waals surface area contributed by atoms with Gasteiger partial charge in [0.1, 0.15) is 5.78 Å². The first-order chi connectivity index (χ1) is 10.3. The van der Waals surface area contributed by atoms with Gasteiger partial charge in [-0.2, -0.15) is 0 Å². The van der Waals surface area contributed by atoms with Crippen molar-refractivity contribution in [2.45, 2.75) is 64.3 Å². The monoisotopic (exact) mass is 326 g/mol. The number of allylic oxidation sites excluding steroid dienone is 3. The Balaban J connectivity index is 0. The van der Waals surface area contributed by atoms with Gasteiger partial charge in [-0.3, -0.25) is 9.59 Å². The van der Waals surface area contributed by atoms with E-state index in [1.807, 2.05) is 0 Å². The van der Waals surface area contributed by atoms with Crippen molar-refractivity contribution >= 4 is 11.6 Å². The van der Waals surface area contributed by atoms with E-state index < -0.39 is 17.3 Å². The molecule has 5 nitrogen and oxygen atoms in total.